The van der Waals surface area contributed by atoms with Crippen LogP contribution in [0.4, 0.5) is 4.79 Å². The van der Waals surface area contributed by atoms with E-state index in [0.29, 0.717) is 19.1 Å². The molecule has 0 radical (unpaired) electrons. The summed E-state index contributed by atoms with van der Waals surface area (Å²) in [5.74, 6) is 0.754. The summed E-state index contributed by atoms with van der Waals surface area (Å²) in [6.45, 7) is 8.83. The lowest BCUT2D eigenvalue weighted by atomic mass is 10.1. The number of rotatable bonds is 31. The van der Waals surface area contributed by atoms with Gasteiger partial charge in [0, 0.05) is 31.3 Å². The predicted molar refractivity (Wildman–Crippen MR) is 190 cm³/mol. The summed E-state index contributed by atoms with van der Waals surface area (Å²) in [7, 11) is 4.15. The largest absolute Gasteiger partial charge is 0.461 e. The van der Waals surface area contributed by atoms with E-state index in [2.05, 4.69) is 50.7 Å². The molecule has 1 unspecified atom stereocenters. The number of ether oxygens (including phenoxy) is 1. The van der Waals surface area contributed by atoms with Crippen LogP contribution in [0.1, 0.15) is 168 Å². The Bertz CT molecular complexity index is 656. The Morgan fingerprint density at radius 1 is 0.651 bits per heavy atom. The van der Waals surface area contributed by atoms with Gasteiger partial charge < -0.3 is 14.5 Å². The van der Waals surface area contributed by atoms with Crippen molar-refractivity contribution in [2.75, 3.05) is 39.5 Å². The molecule has 0 aromatic rings. The van der Waals surface area contributed by atoms with Crippen LogP contribution in [0.3, 0.4) is 0 Å². The molecule has 0 aromatic carbocycles. The van der Waals surface area contributed by atoms with Crippen molar-refractivity contribution in [2.45, 2.75) is 174 Å². The summed E-state index contributed by atoms with van der Waals surface area (Å²) in [6, 6.07) is 0.390. The van der Waals surface area contributed by atoms with Gasteiger partial charge in [0.15, 0.2) is 0 Å². The van der Waals surface area contributed by atoms with Crippen LogP contribution in [-0.2, 0) is 9.53 Å². The molecule has 0 aromatic heterocycles. The maximum Gasteiger partial charge on any atom is 0.306 e. The average Bonchev–Trinajstić information content (AvgIpc) is 2.99. The number of hydrogen-bond donors (Lipinski definition) is 0. The van der Waals surface area contributed by atoms with Crippen LogP contribution >= 0.6 is 11.8 Å². The highest BCUT2D eigenvalue weighted by Crippen LogP contribution is 2.17. The predicted octanol–water partition coefficient (Wildman–Crippen LogP) is 11.2. The van der Waals surface area contributed by atoms with Gasteiger partial charge in [-0.15, -0.1) is 0 Å². The van der Waals surface area contributed by atoms with E-state index in [4.69, 9.17) is 4.74 Å². The molecule has 0 N–H and O–H groups in total. The molecule has 43 heavy (non-hydrogen) atoms. The van der Waals surface area contributed by atoms with Crippen LogP contribution in [0.25, 0.3) is 0 Å². The molecule has 0 spiro atoms. The highest BCUT2D eigenvalue weighted by Gasteiger charge is 2.16. The minimum Gasteiger partial charge on any atom is -0.461 e. The Labute approximate surface area is 272 Å². The van der Waals surface area contributed by atoms with E-state index in [1.165, 1.54) is 108 Å². The van der Waals surface area contributed by atoms with Crippen molar-refractivity contribution in [2.24, 2.45) is 0 Å². The molecule has 6 heteroatoms. The first-order chi connectivity index (χ1) is 20.9. The summed E-state index contributed by atoms with van der Waals surface area (Å²) in [5, 5.41) is 0.245. The molecular formula is C37H72N2O3S. The lowest BCUT2D eigenvalue weighted by Crippen LogP contribution is -2.32. The van der Waals surface area contributed by atoms with Crippen molar-refractivity contribution in [3.8, 4) is 0 Å². The average molecular weight is 625 g/mol. The van der Waals surface area contributed by atoms with E-state index < -0.39 is 0 Å². The van der Waals surface area contributed by atoms with Gasteiger partial charge in [0.25, 0.3) is 5.24 Å². The molecular weight excluding hydrogens is 552 g/mol. The maximum atomic E-state index is 13.0. The molecule has 254 valence electrons. The van der Waals surface area contributed by atoms with Crippen molar-refractivity contribution in [1.29, 1.82) is 0 Å². The van der Waals surface area contributed by atoms with Crippen LogP contribution in [0.2, 0.25) is 0 Å². The molecule has 0 rings (SSSR count). The number of hydrogen-bond acceptors (Lipinski definition) is 5. The molecule has 1 atom stereocenters. The van der Waals surface area contributed by atoms with Gasteiger partial charge in [-0.2, -0.15) is 0 Å². The Morgan fingerprint density at radius 2 is 1.12 bits per heavy atom. The van der Waals surface area contributed by atoms with E-state index in [-0.39, 0.29) is 11.2 Å². The van der Waals surface area contributed by atoms with Gasteiger partial charge in [0.05, 0.1) is 0 Å². The molecule has 0 aliphatic carbocycles. The maximum absolute atomic E-state index is 13.0. The van der Waals surface area contributed by atoms with E-state index in [1.54, 1.807) is 0 Å². The smallest absolute Gasteiger partial charge is 0.306 e. The third-order valence-electron chi connectivity index (χ3n) is 8.41. The Balaban J connectivity index is 4.09. The molecule has 0 aliphatic rings. The number of carbonyl (C=O) groups excluding carboxylic acids is 2. The number of thioether (sulfide) groups is 1. The van der Waals surface area contributed by atoms with Crippen LogP contribution in [-0.4, -0.2) is 66.6 Å². The molecule has 0 saturated carbocycles. The minimum absolute atomic E-state index is 0.0845. The highest BCUT2D eigenvalue weighted by atomic mass is 32.2. The second-order valence-corrected chi connectivity index (χ2v) is 13.8. The second-order valence-electron chi connectivity index (χ2n) is 12.8. The number of allylic oxidation sites excluding steroid dienone is 1. The number of nitrogens with zero attached hydrogens (tertiary/aromatic N) is 2. The topological polar surface area (TPSA) is 49.9 Å². The van der Waals surface area contributed by atoms with Gasteiger partial charge in [0.2, 0.25) is 0 Å². The SMILES string of the molecule is CCCCCC/C=C\COC(=O)CCCCCCCN(CCCCCCCCCCCCCC)C(=O)SCC(C)N(C)C. The fourth-order valence-electron chi connectivity index (χ4n) is 5.06. The minimum atomic E-state index is -0.0845. The zero-order valence-corrected chi connectivity index (χ0v) is 30.2. The summed E-state index contributed by atoms with van der Waals surface area (Å²) in [6.07, 6.45) is 32.0. The number of carbonyl (C=O) groups is 2. The summed E-state index contributed by atoms with van der Waals surface area (Å²) >= 11 is 1.48. The van der Waals surface area contributed by atoms with E-state index >= 15 is 0 Å². The number of amides is 1. The quantitative estimate of drug-likeness (QED) is 0.0436. The molecule has 0 aliphatic heterocycles. The van der Waals surface area contributed by atoms with Crippen molar-refractivity contribution in [1.82, 2.24) is 9.80 Å². The third kappa shape index (κ3) is 29.5. The summed E-state index contributed by atoms with van der Waals surface area (Å²) < 4.78 is 5.33. The normalized spacial score (nSPS) is 12.3. The number of unbranched alkanes of at least 4 members (excludes halogenated alkanes) is 19. The molecule has 0 heterocycles. The lowest BCUT2D eigenvalue weighted by molar-refractivity contribution is -0.142. The molecule has 1 amide bonds. The zero-order valence-electron chi connectivity index (χ0n) is 29.4. The zero-order chi connectivity index (χ0) is 31.8. The van der Waals surface area contributed by atoms with Gasteiger partial charge in [0.1, 0.15) is 6.61 Å². The summed E-state index contributed by atoms with van der Waals surface area (Å²) in [5.41, 5.74) is 0. The van der Waals surface area contributed by atoms with E-state index in [0.717, 1.165) is 63.8 Å². The molecule has 5 nitrogen and oxygen atoms in total. The third-order valence-corrected chi connectivity index (χ3v) is 9.56. The standard InChI is InChI=1S/C37H72N2O3S/c1-6-8-10-12-14-15-16-17-18-19-23-27-31-39(37(41)43-34-35(3)38(4)5)32-28-24-21-22-26-30-36(40)42-33-29-25-20-13-11-9-7-2/h25,29,35H,6-24,26-28,30-34H2,1-5H3/b29-25-. The summed E-state index contributed by atoms with van der Waals surface area (Å²) in [4.78, 5) is 29.3. The van der Waals surface area contributed by atoms with Gasteiger partial charge in [-0.3, -0.25) is 9.59 Å². The van der Waals surface area contributed by atoms with Gasteiger partial charge in [-0.25, -0.2) is 0 Å². The first kappa shape index (κ1) is 42.0. The Kier molecular flexibility index (Phi) is 31.6. The van der Waals surface area contributed by atoms with Crippen LogP contribution in [0, 0.1) is 0 Å². The number of esters is 1. The van der Waals surface area contributed by atoms with Crippen molar-refractivity contribution in [3.05, 3.63) is 12.2 Å². The monoisotopic (exact) mass is 625 g/mol. The van der Waals surface area contributed by atoms with Crippen molar-refractivity contribution >= 4 is 23.0 Å². The fraction of sp³-hybridized carbons (Fsp3) is 0.892. The lowest BCUT2D eigenvalue weighted by Gasteiger charge is -2.24. The fourth-order valence-corrected chi connectivity index (χ4v) is 6.11. The van der Waals surface area contributed by atoms with Gasteiger partial charge in [-0.1, -0.05) is 147 Å². The van der Waals surface area contributed by atoms with Gasteiger partial charge >= 0.3 is 5.97 Å². The molecule has 0 bridgehead atoms. The van der Waals surface area contributed by atoms with E-state index in [1.807, 2.05) is 6.08 Å². The Morgan fingerprint density at radius 3 is 1.63 bits per heavy atom. The first-order valence-electron chi connectivity index (χ1n) is 18.3. The van der Waals surface area contributed by atoms with Crippen molar-refractivity contribution in [3.63, 3.8) is 0 Å². The van der Waals surface area contributed by atoms with Gasteiger partial charge in [-0.05, 0) is 53.1 Å². The molecule has 0 saturated heterocycles. The highest BCUT2D eigenvalue weighted by molar-refractivity contribution is 8.13. The molecule has 0 fully saturated rings. The van der Waals surface area contributed by atoms with E-state index in [9.17, 15) is 9.59 Å². The first-order valence-corrected chi connectivity index (χ1v) is 19.3. The van der Waals surface area contributed by atoms with Crippen molar-refractivity contribution < 1.29 is 14.3 Å². The van der Waals surface area contributed by atoms with Crippen LogP contribution < -0.4 is 0 Å². The van der Waals surface area contributed by atoms with Crippen LogP contribution in [0.5, 0.6) is 0 Å². The van der Waals surface area contributed by atoms with Crippen LogP contribution in [0.15, 0.2) is 12.2 Å². The second kappa shape index (κ2) is 32.4. The Hall–Kier alpha value is -1.01.